The Kier molecular flexibility index (Phi) is 6.97. The zero-order chi connectivity index (χ0) is 11.7. The second kappa shape index (κ2) is 7.79. The Morgan fingerprint density at radius 3 is 2.13 bits per heavy atom. The highest BCUT2D eigenvalue weighted by Crippen LogP contribution is 2.05. The molecule has 1 heterocycles. The molecule has 0 spiro atoms. The van der Waals surface area contributed by atoms with Gasteiger partial charge in [-0.15, -0.1) is 0 Å². The van der Waals surface area contributed by atoms with Crippen LogP contribution in [-0.2, 0) is 4.79 Å². The molecule has 1 rings (SSSR count). The molecule has 0 amide bonds. The second-order valence-electron chi connectivity index (χ2n) is 3.24. The summed E-state index contributed by atoms with van der Waals surface area (Å²) < 4.78 is 0. The Bertz CT molecular complexity index is 273. The predicted molar refractivity (Wildman–Crippen MR) is 61.1 cm³/mol. The Balaban J connectivity index is 0.000000288. The Labute approximate surface area is 90.6 Å². The van der Waals surface area contributed by atoms with Crippen LogP contribution in [0.4, 0.5) is 5.69 Å². The van der Waals surface area contributed by atoms with Crippen molar-refractivity contribution in [1.29, 1.82) is 0 Å². The van der Waals surface area contributed by atoms with Crippen LogP contribution < -0.4 is 4.90 Å². The molecule has 0 saturated carbocycles. The lowest BCUT2D eigenvalue weighted by Crippen LogP contribution is -2.07. The molecule has 0 saturated heterocycles. The van der Waals surface area contributed by atoms with Crippen LogP contribution in [0.15, 0.2) is 24.5 Å². The zero-order valence-corrected chi connectivity index (χ0v) is 9.47. The summed E-state index contributed by atoms with van der Waals surface area (Å²) in [5.41, 5.74) is 1.19. The van der Waals surface area contributed by atoms with Gasteiger partial charge in [0.15, 0.2) is 0 Å². The minimum atomic E-state index is -0.711. The van der Waals surface area contributed by atoms with Crippen molar-refractivity contribution in [2.24, 2.45) is 0 Å². The number of nitrogens with zero attached hydrogens (tertiary/aromatic N) is 2. The Morgan fingerprint density at radius 2 is 1.93 bits per heavy atom. The number of pyridine rings is 1. The first-order valence-electron chi connectivity index (χ1n) is 4.87. The number of rotatable bonds is 3. The third-order valence-corrected chi connectivity index (χ3v) is 1.64. The number of carboxylic acid groups (broad SMARTS) is 1. The van der Waals surface area contributed by atoms with Gasteiger partial charge in [-0.1, -0.05) is 6.92 Å². The standard InChI is InChI=1S/C7H10N2.C4H8O2/c1-9(2)7-3-5-8-6-4-7;1-2-3-4(5)6/h3-6H,1-2H3;2-3H2,1H3,(H,5,6). The second-order valence-corrected chi connectivity index (χ2v) is 3.24. The molecule has 0 radical (unpaired) electrons. The van der Waals surface area contributed by atoms with E-state index in [0.717, 1.165) is 6.42 Å². The van der Waals surface area contributed by atoms with E-state index in [4.69, 9.17) is 5.11 Å². The number of hydrogen-bond acceptors (Lipinski definition) is 3. The molecule has 84 valence electrons. The van der Waals surface area contributed by atoms with Gasteiger partial charge < -0.3 is 10.0 Å². The molecule has 0 aliphatic rings. The lowest BCUT2D eigenvalue weighted by atomic mass is 10.4. The summed E-state index contributed by atoms with van der Waals surface area (Å²) in [5.74, 6) is -0.711. The highest BCUT2D eigenvalue weighted by molar-refractivity contribution is 5.66. The third kappa shape index (κ3) is 7.49. The maximum Gasteiger partial charge on any atom is 0.303 e. The van der Waals surface area contributed by atoms with Crippen molar-refractivity contribution < 1.29 is 9.90 Å². The van der Waals surface area contributed by atoms with E-state index < -0.39 is 5.97 Å². The fourth-order valence-corrected chi connectivity index (χ4v) is 0.856. The molecule has 1 aromatic heterocycles. The monoisotopic (exact) mass is 210 g/mol. The first-order chi connectivity index (χ1) is 7.07. The quantitative estimate of drug-likeness (QED) is 0.829. The molecule has 0 aliphatic heterocycles. The van der Waals surface area contributed by atoms with E-state index in [2.05, 4.69) is 4.98 Å². The van der Waals surface area contributed by atoms with Crippen LogP contribution in [0.5, 0.6) is 0 Å². The van der Waals surface area contributed by atoms with Gasteiger partial charge >= 0.3 is 5.97 Å². The number of anilines is 1. The SMILES string of the molecule is CCCC(=O)O.CN(C)c1ccncc1. The van der Waals surface area contributed by atoms with Crippen molar-refractivity contribution in [1.82, 2.24) is 4.98 Å². The summed E-state index contributed by atoms with van der Waals surface area (Å²) in [6.07, 6.45) is 4.60. The molecule has 0 fully saturated rings. The van der Waals surface area contributed by atoms with Gasteiger partial charge in [0.05, 0.1) is 0 Å². The van der Waals surface area contributed by atoms with Gasteiger partial charge in [0.25, 0.3) is 0 Å². The van der Waals surface area contributed by atoms with Crippen molar-refractivity contribution in [3.8, 4) is 0 Å². The van der Waals surface area contributed by atoms with Crippen LogP contribution in [0.1, 0.15) is 19.8 Å². The molecule has 15 heavy (non-hydrogen) atoms. The van der Waals surface area contributed by atoms with Gasteiger partial charge in [-0.05, 0) is 18.6 Å². The zero-order valence-electron chi connectivity index (χ0n) is 9.47. The van der Waals surface area contributed by atoms with E-state index in [9.17, 15) is 4.79 Å². The molecule has 4 nitrogen and oxygen atoms in total. The van der Waals surface area contributed by atoms with E-state index in [1.165, 1.54) is 5.69 Å². The van der Waals surface area contributed by atoms with E-state index in [-0.39, 0.29) is 0 Å². The summed E-state index contributed by atoms with van der Waals surface area (Å²) in [4.78, 5) is 15.5. The molecule has 4 heteroatoms. The van der Waals surface area contributed by atoms with E-state index in [0.29, 0.717) is 6.42 Å². The summed E-state index contributed by atoms with van der Waals surface area (Å²) >= 11 is 0. The number of carbonyl (C=O) groups is 1. The minimum Gasteiger partial charge on any atom is -0.481 e. The number of carboxylic acids is 1. The largest absolute Gasteiger partial charge is 0.481 e. The van der Waals surface area contributed by atoms with Crippen LogP contribution in [0.25, 0.3) is 0 Å². The number of aromatic nitrogens is 1. The molecular formula is C11H18N2O2. The van der Waals surface area contributed by atoms with E-state index in [1.54, 1.807) is 12.4 Å². The predicted octanol–water partition coefficient (Wildman–Crippen LogP) is 2.02. The van der Waals surface area contributed by atoms with Crippen molar-refractivity contribution in [3.05, 3.63) is 24.5 Å². The molecular weight excluding hydrogens is 192 g/mol. The van der Waals surface area contributed by atoms with Gasteiger partial charge in [0.2, 0.25) is 0 Å². The third-order valence-electron chi connectivity index (χ3n) is 1.64. The van der Waals surface area contributed by atoms with Crippen molar-refractivity contribution in [2.75, 3.05) is 19.0 Å². The highest BCUT2D eigenvalue weighted by atomic mass is 16.4. The number of aliphatic carboxylic acids is 1. The average molecular weight is 210 g/mol. The van der Waals surface area contributed by atoms with Crippen LogP contribution in [-0.4, -0.2) is 30.2 Å². The number of hydrogen-bond donors (Lipinski definition) is 1. The fourth-order valence-electron chi connectivity index (χ4n) is 0.856. The van der Waals surface area contributed by atoms with Gasteiger partial charge in [0.1, 0.15) is 0 Å². The lowest BCUT2D eigenvalue weighted by molar-refractivity contribution is -0.137. The first kappa shape index (κ1) is 13.4. The molecule has 0 unspecified atom stereocenters. The normalized spacial score (nSPS) is 8.73. The van der Waals surface area contributed by atoms with Crippen molar-refractivity contribution in [2.45, 2.75) is 19.8 Å². The van der Waals surface area contributed by atoms with Gasteiger partial charge in [-0.25, -0.2) is 0 Å². The van der Waals surface area contributed by atoms with Crippen LogP contribution in [0, 0.1) is 0 Å². The topological polar surface area (TPSA) is 53.4 Å². The fraction of sp³-hybridized carbons (Fsp3) is 0.455. The highest BCUT2D eigenvalue weighted by Gasteiger charge is 1.88. The van der Waals surface area contributed by atoms with E-state index >= 15 is 0 Å². The Morgan fingerprint density at radius 1 is 1.40 bits per heavy atom. The minimum absolute atomic E-state index is 0.292. The molecule has 0 aliphatic carbocycles. The van der Waals surface area contributed by atoms with Gasteiger partial charge in [-0.3, -0.25) is 9.78 Å². The summed E-state index contributed by atoms with van der Waals surface area (Å²) in [7, 11) is 4.02. The maximum atomic E-state index is 9.60. The van der Waals surface area contributed by atoms with Crippen LogP contribution >= 0.6 is 0 Å². The summed E-state index contributed by atoms with van der Waals surface area (Å²) in [6.45, 7) is 1.84. The molecule has 0 bridgehead atoms. The molecule has 0 aromatic carbocycles. The molecule has 1 N–H and O–H groups in total. The van der Waals surface area contributed by atoms with Crippen LogP contribution in [0.2, 0.25) is 0 Å². The molecule has 1 aromatic rings. The maximum absolute atomic E-state index is 9.60. The average Bonchev–Trinajstić information content (AvgIpc) is 2.20. The first-order valence-corrected chi connectivity index (χ1v) is 4.87. The van der Waals surface area contributed by atoms with Gasteiger partial charge in [0, 0.05) is 38.6 Å². The summed E-state index contributed by atoms with van der Waals surface area (Å²) in [5, 5.41) is 7.91. The van der Waals surface area contributed by atoms with Crippen molar-refractivity contribution in [3.63, 3.8) is 0 Å². The van der Waals surface area contributed by atoms with Gasteiger partial charge in [-0.2, -0.15) is 0 Å². The van der Waals surface area contributed by atoms with Crippen LogP contribution in [0.3, 0.4) is 0 Å². The molecule has 0 atom stereocenters. The Hall–Kier alpha value is -1.58. The smallest absolute Gasteiger partial charge is 0.303 e. The van der Waals surface area contributed by atoms with E-state index in [1.807, 2.05) is 38.1 Å². The van der Waals surface area contributed by atoms with Crippen molar-refractivity contribution >= 4 is 11.7 Å². The lowest BCUT2D eigenvalue weighted by Gasteiger charge is -2.10. The summed E-state index contributed by atoms with van der Waals surface area (Å²) in [6, 6.07) is 3.94.